The van der Waals surface area contributed by atoms with Crippen LogP contribution >= 0.6 is 0 Å². The second kappa shape index (κ2) is 6.49. The highest BCUT2D eigenvalue weighted by Crippen LogP contribution is 2.23. The van der Waals surface area contributed by atoms with Gasteiger partial charge in [0.15, 0.2) is 11.6 Å². The van der Waals surface area contributed by atoms with Crippen LogP contribution in [0.4, 0.5) is 18.9 Å². The van der Waals surface area contributed by atoms with Gasteiger partial charge in [-0.05, 0) is 24.3 Å². The molecule has 0 saturated heterocycles. The average molecular weight is 297 g/mol. The van der Waals surface area contributed by atoms with Crippen molar-refractivity contribution in [1.29, 1.82) is 0 Å². The third kappa shape index (κ3) is 3.46. The zero-order chi connectivity index (χ0) is 15.4. The lowest BCUT2D eigenvalue weighted by atomic mass is 10.1. The van der Waals surface area contributed by atoms with Crippen LogP contribution in [-0.2, 0) is 13.2 Å². The van der Waals surface area contributed by atoms with Gasteiger partial charge in [0.2, 0.25) is 0 Å². The lowest BCUT2D eigenvalue weighted by Gasteiger charge is -2.11. The minimum atomic E-state index is -1.22. The summed E-state index contributed by atoms with van der Waals surface area (Å²) in [4.78, 5) is 0. The summed E-state index contributed by atoms with van der Waals surface area (Å²) in [5.74, 6) is -2.61. The highest BCUT2D eigenvalue weighted by molar-refractivity contribution is 5.51. The van der Waals surface area contributed by atoms with Gasteiger partial charge in [-0.25, -0.2) is 13.2 Å². The Bertz CT molecular complexity index is 647. The predicted molar refractivity (Wildman–Crippen MR) is 72.6 cm³/mol. The molecule has 0 radical (unpaired) electrons. The molecule has 0 spiro atoms. The van der Waals surface area contributed by atoms with Gasteiger partial charge in [-0.2, -0.15) is 0 Å². The summed E-state index contributed by atoms with van der Waals surface area (Å²) < 4.78 is 44.5. The molecular formula is C15H14F3NO2. The number of hydrogen-bond acceptors (Lipinski definition) is 3. The first-order chi connectivity index (χ1) is 10.0. The number of hydrogen-bond donors (Lipinski definition) is 2. The molecule has 21 heavy (non-hydrogen) atoms. The van der Waals surface area contributed by atoms with Crippen LogP contribution in [0.3, 0.4) is 0 Å². The zero-order valence-electron chi connectivity index (χ0n) is 11.3. The summed E-state index contributed by atoms with van der Waals surface area (Å²) in [6, 6.07) is 6.29. The van der Waals surface area contributed by atoms with E-state index in [1.54, 1.807) is 18.2 Å². The third-order valence-corrected chi connectivity index (χ3v) is 3.02. The van der Waals surface area contributed by atoms with Crippen molar-refractivity contribution in [1.82, 2.24) is 0 Å². The molecule has 0 fully saturated rings. The number of aliphatic hydroxyl groups is 1. The Hall–Kier alpha value is -2.21. The van der Waals surface area contributed by atoms with E-state index in [1.165, 1.54) is 7.11 Å². The molecule has 0 bridgehead atoms. The lowest BCUT2D eigenvalue weighted by Crippen LogP contribution is -2.04. The van der Waals surface area contributed by atoms with Crippen molar-refractivity contribution in [3.05, 3.63) is 58.9 Å². The number of rotatable bonds is 5. The molecule has 0 aliphatic carbocycles. The van der Waals surface area contributed by atoms with Gasteiger partial charge in [0.05, 0.1) is 13.7 Å². The summed E-state index contributed by atoms with van der Waals surface area (Å²) >= 11 is 0. The monoisotopic (exact) mass is 297 g/mol. The fraction of sp³-hybridized carbons (Fsp3) is 0.200. The molecule has 0 aliphatic rings. The van der Waals surface area contributed by atoms with E-state index >= 15 is 0 Å². The van der Waals surface area contributed by atoms with E-state index in [2.05, 4.69) is 5.32 Å². The summed E-state index contributed by atoms with van der Waals surface area (Å²) in [6.07, 6.45) is 0. The van der Waals surface area contributed by atoms with Crippen LogP contribution < -0.4 is 10.1 Å². The molecule has 0 heterocycles. The number of halogens is 3. The predicted octanol–water partition coefficient (Wildman–Crippen LogP) is 3.22. The van der Waals surface area contributed by atoms with Gasteiger partial charge in [0.1, 0.15) is 11.6 Å². The minimum Gasteiger partial charge on any atom is -0.496 e. The molecule has 2 aromatic rings. The Labute approximate surface area is 120 Å². The van der Waals surface area contributed by atoms with Gasteiger partial charge in [-0.15, -0.1) is 0 Å². The number of nitrogens with one attached hydrogen (secondary N) is 1. The van der Waals surface area contributed by atoms with Crippen LogP contribution in [0, 0.1) is 17.5 Å². The highest BCUT2D eigenvalue weighted by Gasteiger charge is 2.10. The molecule has 2 aromatic carbocycles. The number of anilines is 1. The van der Waals surface area contributed by atoms with Gasteiger partial charge < -0.3 is 15.2 Å². The summed E-state index contributed by atoms with van der Waals surface area (Å²) in [5.41, 5.74) is 1.17. The van der Waals surface area contributed by atoms with Crippen LogP contribution in [-0.4, -0.2) is 12.2 Å². The van der Waals surface area contributed by atoms with Gasteiger partial charge in [-0.3, -0.25) is 0 Å². The van der Waals surface area contributed by atoms with E-state index in [0.717, 1.165) is 6.07 Å². The largest absolute Gasteiger partial charge is 0.496 e. The second-order valence-corrected chi connectivity index (χ2v) is 4.40. The standard InChI is InChI=1S/C15H14F3NO2/c1-21-15-3-2-11(4-10(15)8-20)19-7-9-5-13(17)14(18)6-12(9)16/h2-6,19-20H,7-8H2,1H3. The molecule has 0 unspecified atom stereocenters. The molecule has 6 heteroatoms. The Kier molecular flexibility index (Phi) is 4.70. The van der Waals surface area contributed by atoms with Crippen LogP contribution in [0.15, 0.2) is 30.3 Å². The summed E-state index contributed by atoms with van der Waals surface area (Å²) in [7, 11) is 1.48. The maximum absolute atomic E-state index is 13.5. The molecule has 112 valence electrons. The Balaban J connectivity index is 2.15. The SMILES string of the molecule is COc1ccc(NCc2cc(F)c(F)cc2F)cc1CO. The molecule has 0 aromatic heterocycles. The molecular weight excluding hydrogens is 283 g/mol. The average Bonchev–Trinajstić information content (AvgIpc) is 2.49. The van der Waals surface area contributed by atoms with E-state index < -0.39 is 17.5 Å². The highest BCUT2D eigenvalue weighted by atomic mass is 19.2. The van der Waals surface area contributed by atoms with Crippen molar-refractivity contribution in [2.75, 3.05) is 12.4 Å². The van der Waals surface area contributed by atoms with Gasteiger partial charge >= 0.3 is 0 Å². The molecule has 0 saturated carbocycles. The van der Waals surface area contributed by atoms with Gasteiger partial charge in [0.25, 0.3) is 0 Å². The lowest BCUT2D eigenvalue weighted by molar-refractivity contribution is 0.274. The Morgan fingerprint density at radius 1 is 1.00 bits per heavy atom. The van der Waals surface area contributed by atoms with E-state index in [4.69, 9.17) is 4.74 Å². The maximum Gasteiger partial charge on any atom is 0.161 e. The number of methoxy groups -OCH3 is 1. The summed E-state index contributed by atoms with van der Waals surface area (Å²) in [6.45, 7) is -0.224. The summed E-state index contributed by atoms with van der Waals surface area (Å²) in [5, 5.41) is 12.1. The van der Waals surface area contributed by atoms with Gasteiger partial charge in [-0.1, -0.05) is 0 Å². The van der Waals surface area contributed by atoms with Gasteiger partial charge in [0, 0.05) is 29.4 Å². The van der Waals surface area contributed by atoms with E-state index in [-0.39, 0.29) is 18.7 Å². The van der Waals surface area contributed by atoms with E-state index in [0.29, 0.717) is 23.1 Å². The topological polar surface area (TPSA) is 41.5 Å². The zero-order valence-corrected chi connectivity index (χ0v) is 11.3. The number of aliphatic hydroxyl groups excluding tert-OH is 1. The Morgan fingerprint density at radius 2 is 1.71 bits per heavy atom. The minimum absolute atomic E-state index is 0.00951. The van der Waals surface area contributed by atoms with Crippen LogP contribution in [0.1, 0.15) is 11.1 Å². The third-order valence-electron chi connectivity index (χ3n) is 3.02. The maximum atomic E-state index is 13.5. The van der Waals surface area contributed by atoms with Crippen molar-refractivity contribution in [3.63, 3.8) is 0 Å². The fourth-order valence-corrected chi connectivity index (χ4v) is 1.91. The van der Waals surface area contributed by atoms with E-state index in [9.17, 15) is 18.3 Å². The van der Waals surface area contributed by atoms with Crippen molar-refractivity contribution < 1.29 is 23.0 Å². The normalized spacial score (nSPS) is 10.5. The molecule has 0 aliphatic heterocycles. The first-order valence-electron chi connectivity index (χ1n) is 6.20. The number of benzene rings is 2. The van der Waals surface area contributed by atoms with Crippen LogP contribution in [0.2, 0.25) is 0 Å². The van der Waals surface area contributed by atoms with Crippen LogP contribution in [0.25, 0.3) is 0 Å². The smallest absolute Gasteiger partial charge is 0.161 e. The molecule has 3 nitrogen and oxygen atoms in total. The Morgan fingerprint density at radius 3 is 2.38 bits per heavy atom. The molecule has 0 amide bonds. The van der Waals surface area contributed by atoms with Crippen molar-refractivity contribution >= 4 is 5.69 Å². The molecule has 2 N–H and O–H groups in total. The van der Waals surface area contributed by atoms with Crippen molar-refractivity contribution in [2.24, 2.45) is 0 Å². The number of ether oxygens (including phenoxy) is 1. The quantitative estimate of drug-likeness (QED) is 0.833. The first kappa shape index (κ1) is 15.2. The fourth-order valence-electron chi connectivity index (χ4n) is 1.91. The van der Waals surface area contributed by atoms with Crippen LogP contribution in [0.5, 0.6) is 5.75 Å². The van der Waals surface area contributed by atoms with Crippen molar-refractivity contribution in [2.45, 2.75) is 13.2 Å². The van der Waals surface area contributed by atoms with E-state index in [1.807, 2.05) is 0 Å². The first-order valence-corrected chi connectivity index (χ1v) is 6.20. The molecule has 2 rings (SSSR count). The molecule has 0 atom stereocenters. The second-order valence-electron chi connectivity index (χ2n) is 4.40. The van der Waals surface area contributed by atoms with Crippen molar-refractivity contribution in [3.8, 4) is 5.75 Å².